The number of aromatic nitrogens is 1. The van der Waals surface area contributed by atoms with Crippen LogP contribution in [0.25, 0.3) is 6.08 Å². The summed E-state index contributed by atoms with van der Waals surface area (Å²) in [6.07, 6.45) is 8.04. The van der Waals surface area contributed by atoms with Crippen molar-refractivity contribution in [1.29, 1.82) is 0 Å². The molecule has 0 aliphatic heterocycles. The Morgan fingerprint density at radius 1 is 1.29 bits per heavy atom. The van der Waals surface area contributed by atoms with Crippen molar-refractivity contribution in [3.05, 3.63) is 30.1 Å². The Hall–Kier alpha value is -2.04. The van der Waals surface area contributed by atoms with Crippen LogP contribution in [0.2, 0.25) is 0 Å². The van der Waals surface area contributed by atoms with Crippen molar-refractivity contribution in [2.45, 2.75) is 65.7 Å². The minimum absolute atomic E-state index is 0.0409. The predicted octanol–water partition coefficient (Wildman–Crippen LogP) is 4.53. The summed E-state index contributed by atoms with van der Waals surface area (Å²) in [5.74, 6) is 0.756. The van der Waals surface area contributed by atoms with E-state index in [0.29, 0.717) is 0 Å². The molecule has 1 heterocycles. The number of hydrogen-bond donors (Lipinski definition) is 0. The summed E-state index contributed by atoms with van der Waals surface area (Å²) in [4.78, 5) is 17.8. The minimum Gasteiger partial charge on any atom is -0.489 e. The van der Waals surface area contributed by atoms with E-state index in [-0.39, 0.29) is 18.2 Å². The van der Waals surface area contributed by atoms with Crippen LogP contribution in [0.1, 0.15) is 53.5 Å². The van der Waals surface area contributed by atoms with Gasteiger partial charge in [0.15, 0.2) is 0 Å². The van der Waals surface area contributed by atoms with Crippen molar-refractivity contribution in [3.63, 3.8) is 0 Å². The number of carbonyl (C=O) groups excluding carboxylic acids is 1. The van der Waals surface area contributed by atoms with E-state index in [1.54, 1.807) is 24.3 Å². The van der Waals surface area contributed by atoms with Crippen LogP contribution in [-0.4, -0.2) is 40.8 Å². The first-order valence-electron chi connectivity index (χ1n) is 8.32. The van der Waals surface area contributed by atoms with Crippen LogP contribution < -0.4 is 4.74 Å². The van der Waals surface area contributed by atoms with Gasteiger partial charge >= 0.3 is 6.09 Å². The molecular formula is C19H30N2O3. The Balaban J connectivity index is 2.58. The molecule has 0 aliphatic carbocycles. The Bertz CT molecular complexity index is 562. The van der Waals surface area contributed by atoms with Gasteiger partial charge in [-0.05, 0) is 59.6 Å². The molecule has 0 fully saturated rings. The van der Waals surface area contributed by atoms with Crippen molar-refractivity contribution in [2.75, 3.05) is 7.05 Å². The third-order valence-corrected chi connectivity index (χ3v) is 3.24. The summed E-state index contributed by atoms with van der Waals surface area (Å²) in [5.41, 5.74) is 0.490. The normalized spacial score (nSPS) is 13.2. The van der Waals surface area contributed by atoms with Crippen LogP contribution in [0.3, 0.4) is 0 Å². The summed E-state index contributed by atoms with van der Waals surface area (Å²) in [5, 5.41) is 0. The highest BCUT2D eigenvalue weighted by Gasteiger charge is 2.22. The van der Waals surface area contributed by atoms with Crippen LogP contribution in [0.4, 0.5) is 4.79 Å². The average molecular weight is 334 g/mol. The molecule has 5 nitrogen and oxygen atoms in total. The number of ether oxygens (including phenoxy) is 2. The number of nitrogens with zero attached hydrogens (tertiary/aromatic N) is 2. The van der Waals surface area contributed by atoms with Gasteiger partial charge in [-0.15, -0.1) is 0 Å². The van der Waals surface area contributed by atoms with E-state index in [2.05, 4.69) is 4.98 Å². The molecule has 0 aromatic carbocycles. The van der Waals surface area contributed by atoms with Crippen molar-refractivity contribution in [3.8, 4) is 5.75 Å². The molecule has 1 aromatic rings. The first-order valence-corrected chi connectivity index (χ1v) is 8.32. The molecule has 1 aromatic heterocycles. The molecule has 1 amide bonds. The quantitative estimate of drug-likeness (QED) is 0.767. The summed E-state index contributed by atoms with van der Waals surface area (Å²) in [6, 6.07) is 1.99. The zero-order valence-electron chi connectivity index (χ0n) is 15.9. The molecule has 1 rings (SSSR count). The SMILES string of the molecule is CC(C)Oc1cncc(/C=C/CC(C)N(C)C(=O)OC(C)(C)C)c1. The maximum absolute atomic E-state index is 12.0. The van der Waals surface area contributed by atoms with Crippen LogP contribution in [-0.2, 0) is 4.74 Å². The average Bonchev–Trinajstić information content (AvgIpc) is 2.44. The van der Waals surface area contributed by atoms with E-state index >= 15 is 0 Å². The predicted molar refractivity (Wildman–Crippen MR) is 97.1 cm³/mol. The van der Waals surface area contributed by atoms with E-state index in [1.165, 1.54) is 0 Å². The lowest BCUT2D eigenvalue weighted by atomic mass is 10.1. The van der Waals surface area contributed by atoms with Gasteiger partial charge < -0.3 is 14.4 Å². The number of amides is 1. The maximum atomic E-state index is 12.0. The van der Waals surface area contributed by atoms with Crippen molar-refractivity contribution in [1.82, 2.24) is 9.88 Å². The molecule has 0 saturated heterocycles. The lowest BCUT2D eigenvalue weighted by Gasteiger charge is -2.28. The van der Waals surface area contributed by atoms with Gasteiger partial charge in [0.1, 0.15) is 11.4 Å². The van der Waals surface area contributed by atoms with E-state index in [1.807, 2.05) is 59.8 Å². The van der Waals surface area contributed by atoms with Gasteiger partial charge in [-0.2, -0.15) is 0 Å². The number of hydrogen-bond acceptors (Lipinski definition) is 4. The largest absolute Gasteiger partial charge is 0.489 e. The van der Waals surface area contributed by atoms with E-state index in [9.17, 15) is 4.79 Å². The third-order valence-electron chi connectivity index (χ3n) is 3.24. The van der Waals surface area contributed by atoms with Crippen LogP contribution in [0.5, 0.6) is 5.75 Å². The van der Waals surface area contributed by atoms with Crippen LogP contribution in [0, 0.1) is 0 Å². The second-order valence-electron chi connectivity index (χ2n) is 7.20. The number of pyridine rings is 1. The summed E-state index contributed by atoms with van der Waals surface area (Å²) < 4.78 is 11.0. The first-order chi connectivity index (χ1) is 11.1. The lowest BCUT2D eigenvalue weighted by molar-refractivity contribution is 0.0238. The molecule has 0 saturated carbocycles. The Morgan fingerprint density at radius 3 is 2.54 bits per heavy atom. The molecule has 0 radical (unpaired) electrons. The third kappa shape index (κ3) is 7.49. The van der Waals surface area contributed by atoms with E-state index in [4.69, 9.17) is 9.47 Å². The van der Waals surface area contributed by atoms with Gasteiger partial charge in [-0.3, -0.25) is 4.98 Å². The molecule has 0 spiro atoms. The smallest absolute Gasteiger partial charge is 0.410 e. The Labute approximate surface area is 145 Å². The van der Waals surface area contributed by atoms with Gasteiger partial charge in [-0.1, -0.05) is 12.2 Å². The zero-order valence-corrected chi connectivity index (χ0v) is 15.9. The van der Waals surface area contributed by atoms with Gasteiger partial charge in [0.2, 0.25) is 0 Å². The molecule has 5 heteroatoms. The summed E-state index contributed by atoms with van der Waals surface area (Å²) in [6.45, 7) is 11.5. The summed E-state index contributed by atoms with van der Waals surface area (Å²) >= 11 is 0. The van der Waals surface area contributed by atoms with Crippen molar-refractivity contribution in [2.24, 2.45) is 0 Å². The molecule has 0 aliphatic rings. The fourth-order valence-corrected chi connectivity index (χ4v) is 1.94. The van der Waals surface area contributed by atoms with E-state index in [0.717, 1.165) is 17.7 Å². The number of carbonyl (C=O) groups is 1. The second kappa shape index (κ2) is 8.71. The van der Waals surface area contributed by atoms with Gasteiger partial charge in [-0.25, -0.2) is 4.79 Å². The highest BCUT2D eigenvalue weighted by Crippen LogP contribution is 2.15. The lowest BCUT2D eigenvalue weighted by Crippen LogP contribution is -2.39. The Kier molecular flexibility index (Phi) is 7.26. The molecule has 0 bridgehead atoms. The fourth-order valence-electron chi connectivity index (χ4n) is 1.94. The van der Waals surface area contributed by atoms with Crippen molar-refractivity contribution >= 4 is 12.2 Å². The molecule has 1 unspecified atom stereocenters. The monoisotopic (exact) mass is 334 g/mol. The van der Waals surface area contributed by atoms with Gasteiger partial charge in [0.05, 0.1) is 12.3 Å². The molecular weight excluding hydrogens is 304 g/mol. The molecule has 134 valence electrons. The minimum atomic E-state index is -0.483. The van der Waals surface area contributed by atoms with Gasteiger partial charge in [0, 0.05) is 19.3 Å². The number of rotatable bonds is 6. The zero-order chi connectivity index (χ0) is 18.3. The van der Waals surface area contributed by atoms with Crippen LogP contribution in [0.15, 0.2) is 24.5 Å². The summed E-state index contributed by atoms with van der Waals surface area (Å²) in [7, 11) is 1.76. The highest BCUT2D eigenvalue weighted by molar-refractivity contribution is 5.68. The molecule has 0 N–H and O–H groups in total. The first kappa shape index (κ1) is 20.0. The van der Waals surface area contributed by atoms with E-state index < -0.39 is 5.60 Å². The van der Waals surface area contributed by atoms with Gasteiger partial charge in [0.25, 0.3) is 0 Å². The van der Waals surface area contributed by atoms with Crippen molar-refractivity contribution < 1.29 is 14.3 Å². The topological polar surface area (TPSA) is 51.7 Å². The fraction of sp³-hybridized carbons (Fsp3) is 0.579. The maximum Gasteiger partial charge on any atom is 0.410 e. The Morgan fingerprint density at radius 2 is 1.96 bits per heavy atom. The van der Waals surface area contributed by atoms with Crippen LogP contribution >= 0.6 is 0 Å². The standard InChI is InChI=1S/C19H30N2O3/c1-14(2)23-17-11-16(12-20-13-17)10-8-9-15(3)21(7)18(22)24-19(4,5)6/h8,10-15H,9H2,1-7H3/b10-8+. The molecule has 1 atom stereocenters. The highest BCUT2D eigenvalue weighted by atomic mass is 16.6. The second-order valence-corrected chi connectivity index (χ2v) is 7.20. The molecule has 24 heavy (non-hydrogen) atoms.